The van der Waals surface area contributed by atoms with Gasteiger partial charge in [-0.25, -0.2) is 0 Å². The maximum absolute atomic E-state index is 10.5. The normalized spacial score (nSPS) is 10.6. The summed E-state index contributed by atoms with van der Waals surface area (Å²) in [7, 11) is 1.62. The van der Waals surface area contributed by atoms with Gasteiger partial charge in [-0.1, -0.05) is 0 Å². The summed E-state index contributed by atoms with van der Waals surface area (Å²) in [5.41, 5.74) is 2.01. The Hall–Kier alpha value is -1.97. The van der Waals surface area contributed by atoms with Crippen molar-refractivity contribution in [2.75, 3.05) is 7.11 Å². The van der Waals surface area contributed by atoms with Crippen LogP contribution in [0.3, 0.4) is 0 Å². The zero-order valence-corrected chi connectivity index (χ0v) is 8.99. The largest absolute Gasteiger partial charge is 0.497 e. The number of hydrogen-bond acceptors (Lipinski definition) is 2. The van der Waals surface area contributed by atoms with Crippen LogP contribution in [0.5, 0.6) is 5.75 Å². The van der Waals surface area contributed by atoms with Gasteiger partial charge in [0.25, 0.3) is 0 Å². The topological polar surface area (TPSA) is 62.3 Å². The van der Waals surface area contributed by atoms with Gasteiger partial charge < -0.3 is 14.8 Å². The van der Waals surface area contributed by atoms with Crippen molar-refractivity contribution >= 4 is 16.9 Å². The Balaban J connectivity index is 2.34. The molecule has 2 N–H and O–H groups in total. The summed E-state index contributed by atoms with van der Waals surface area (Å²) < 4.78 is 5.14. The average Bonchev–Trinajstić information content (AvgIpc) is 2.68. The average molecular weight is 219 g/mol. The number of methoxy groups -OCH3 is 1. The van der Waals surface area contributed by atoms with E-state index >= 15 is 0 Å². The first kappa shape index (κ1) is 10.5. The van der Waals surface area contributed by atoms with Crippen LogP contribution >= 0.6 is 0 Å². The molecule has 1 heterocycles. The van der Waals surface area contributed by atoms with Crippen LogP contribution in [0.1, 0.15) is 12.0 Å². The van der Waals surface area contributed by atoms with Crippen molar-refractivity contribution < 1.29 is 14.6 Å². The van der Waals surface area contributed by atoms with Gasteiger partial charge in [0.15, 0.2) is 0 Å². The smallest absolute Gasteiger partial charge is 0.303 e. The maximum Gasteiger partial charge on any atom is 0.303 e. The van der Waals surface area contributed by atoms with E-state index in [0.29, 0.717) is 6.42 Å². The first-order valence-electron chi connectivity index (χ1n) is 5.06. The van der Waals surface area contributed by atoms with E-state index < -0.39 is 5.97 Å². The van der Waals surface area contributed by atoms with E-state index in [1.54, 1.807) is 7.11 Å². The lowest BCUT2D eigenvalue weighted by Crippen LogP contribution is -1.96. The van der Waals surface area contributed by atoms with Gasteiger partial charge >= 0.3 is 5.97 Å². The maximum atomic E-state index is 10.5. The minimum absolute atomic E-state index is 0.143. The number of hydrogen-bond donors (Lipinski definition) is 2. The van der Waals surface area contributed by atoms with Crippen LogP contribution in [-0.2, 0) is 11.2 Å². The molecule has 4 nitrogen and oxygen atoms in total. The van der Waals surface area contributed by atoms with Crippen molar-refractivity contribution in [3.63, 3.8) is 0 Å². The molecule has 84 valence electrons. The number of aromatic nitrogens is 1. The summed E-state index contributed by atoms with van der Waals surface area (Å²) in [6.07, 6.45) is 2.53. The summed E-state index contributed by atoms with van der Waals surface area (Å²) in [6, 6.07) is 5.72. The van der Waals surface area contributed by atoms with Crippen molar-refractivity contribution in [2.45, 2.75) is 12.8 Å². The van der Waals surface area contributed by atoms with Crippen LogP contribution in [0.25, 0.3) is 10.9 Å². The van der Waals surface area contributed by atoms with Gasteiger partial charge in [-0.2, -0.15) is 0 Å². The summed E-state index contributed by atoms with van der Waals surface area (Å²) in [5.74, 6) is 0.000853. The van der Waals surface area contributed by atoms with E-state index in [1.165, 1.54) is 0 Å². The van der Waals surface area contributed by atoms with Crippen LogP contribution in [0.15, 0.2) is 24.4 Å². The molecular formula is C12H13NO3. The molecule has 0 saturated carbocycles. The van der Waals surface area contributed by atoms with Gasteiger partial charge in [0.2, 0.25) is 0 Å². The second kappa shape index (κ2) is 4.26. The highest BCUT2D eigenvalue weighted by Gasteiger charge is 2.06. The molecule has 0 bridgehead atoms. The number of ether oxygens (including phenoxy) is 1. The van der Waals surface area contributed by atoms with Crippen LogP contribution in [-0.4, -0.2) is 23.2 Å². The van der Waals surface area contributed by atoms with Crippen molar-refractivity contribution in [1.82, 2.24) is 4.98 Å². The minimum atomic E-state index is -0.780. The van der Waals surface area contributed by atoms with Crippen molar-refractivity contribution in [2.24, 2.45) is 0 Å². The molecule has 2 aromatic rings. The lowest BCUT2D eigenvalue weighted by atomic mass is 10.1. The number of nitrogens with one attached hydrogen (secondary N) is 1. The predicted octanol–water partition coefficient (Wildman–Crippen LogP) is 2.19. The van der Waals surface area contributed by atoms with Crippen LogP contribution < -0.4 is 4.74 Å². The minimum Gasteiger partial charge on any atom is -0.497 e. The van der Waals surface area contributed by atoms with Gasteiger partial charge in [0, 0.05) is 23.5 Å². The molecular weight excluding hydrogens is 206 g/mol. The number of fused-ring (bicyclic) bond motifs is 1. The number of aliphatic carboxylic acids is 1. The molecule has 0 amide bonds. The molecule has 4 heteroatoms. The molecule has 0 radical (unpaired) electrons. The number of carboxylic acid groups (broad SMARTS) is 1. The molecule has 0 unspecified atom stereocenters. The molecule has 0 saturated heterocycles. The first-order valence-corrected chi connectivity index (χ1v) is 5.06. The fourth-order valence-electron chi connectivity index (χ4n) is 1.73. The molecule has 0 spiro atoms. The monoisotopic (exact) mass is 219 g/mol. The highest BCUT2D eigenvalue weighted by molar-refractivity contribution is 5.85. The SMILES string of the molecule is COc1ccc2[nH]cc(CCC(=O)O)c2c1. The van der Waals surface area contributed by atoms with E-state index in [2.05, 4.69) is 4.98 Å². The molecule has 16 heavy (non-hydrogen) atoms. The van der Waals surface area contributed by atoms with E-state index in [-0.39, 0.29) is 6.42 Å². The van der Waals surface area contributed by atoms with Gasteiger partial charge in [-0.05, 0) is 30.2 Å². The third-order valence-corrected chi connectivity index (χ3v) is 2.58. The van der Waals surface area contributed by atoms with Gasteiger partial charge in [0.1, 0.15) is 5.75 Å². The standard InChI is InChI=1S/C12H13NO3/c1-16-9-3-4-11-10(6-9)8(7-13-11)2-5-12(14)15/h3-4,6-7,13H,2,5H2,1H3,(H,14,15). The number of H-pyrrole nitrogens is 1. The highest BCUT2D eigenvalue weighted by Crippen LogP contribution is 2.24. The second-order valence-electron chi connectivity index (χ2n) is 3.62. The lowest BCUT2D eigenvalue weighted by Gasteiger charge is -2.00. The molecule has 1 aromatic carbocycles. The van der Waals surface area contributed by atoms with Crippen LogP contribution in [0.4, 0.5) is 0 Å². The third kappa shape index (κ3) is 2.00. The van der Waals surface area contributed by atoms with E-state index in [0.717, 1.165) is 22.2 Å². The third-order valence-electron chi connectivity index (χ3n) is 2.58. The number of aromatic amines is 1. The van der Waals surface area contributed by atoms with E-state index in [4.69, 9.17) is 9.84 Å². The number of carboxylic acids is 1. The number of carbonyl (C=O) groups is 1. The number of aryl methyl sites for hydroxylation is 1. The summed E-state index contributed by atoms with van der Waals surface area (Å²) in [4.78, 5) is 13.6. The Labute approximate surface area is 92.9 Å². The van der Waals surface area contributed by atoms with Crippen LogP contribution in [0.2, 0.25) is 0 Å². The Morgan fingerprint density at radius 1 is 1.50 bits per heavy atom. The molecule has 0 aliphatic carbocycles. The lowest BCUT2D eigenvalue weighted by molar-refractivity contribution is -0.136. The Bertz CT molecular complexity index is 516. The molecule has 0 aliphatic rings. The molecule has 0 aliphatic heterocycles. The number of rotatable bonds is 4. The van der Waals surface area contributed by atoms with E-state index in [9.17, 15) is 4.79 Å². The van der Waals surface area contributed by atoms with E-state index in [1.807, 2.05) is 24.4 Å². The summed E-state index contributed by atoms with van der Waals surface area (Å²) in [5, 5.41) is 9.68. The Kier molecular flexibility index (Phi) is 2.81. The van der Waals surface area contributed by atoms with Crippen molar-refractivity contribution in [3.05, 3.63) is 30.0 Å². The van der Waals surface area contributed by atoms with Gasteiger partial charge in [0.05, 0.1) is 7.11 Å². The predicted molar refractivity (Wildman–Crippen MR) is 60.8 cm³/mol. The molecule has 2 rings (SSSR count). The molecule has 1 aromatic heterocycles. The fourth-order valence-corrected chi connectivity index (χ4v) is 1.73. The first-order chi connectivity index (χ1) is 7.70. The quantitative estimate of drug-likeness (QED) is 0.828. The molecule has 0 fully saturated rings. The molecule has 0 atom stereocenters. The van der Waals surface area contributed by atoms with Gasteiger partial charge in [-0.3, -0.25) is 4.79 Å². The highest BCUT2D eigenvalue weighted by atomic mass is 16.5. The Morgan fingerprint density at radius 3 is 3.00 bits per heavy atom. The van der Waals surface area contributed by atoms with Gasteiger partial charge in [-0.15, -0.1) is 0 Å². The second-order valence-corrected chi connectivity index (χ2v) is 3.62. The summed E-state index contributed by atoms with van der Waals surface area (Å²) >= 11 is 0. The Morgan fingerprint density at radius 2 is 2.31 bits per heavy atom. The zero-order valence-electron chi connectivity index (χ0n) is 8.99. The van der Waals surface area contributed by atoms with Crippen molar-refractivity contribution in [3.8, 4) is 5.75 Å². The van der Waals surface area contributed by atoms with Crippen molar-refractivity contribution in [1.29, 1.82) is 0 Å². The zero-order chi connectivity index (χ0) is 11.5. The van der Waals surface area contributed by atoms with Crippen LogP contribution in [0, 0.1) is 0 Å². The number of benzene rings is 1. The fraction of sp³-hybridized carbons (Fsp3) is 0.250. The summed E-state index contributed by atoms with van der Waals surface area (Å²) in [6.45, 7) is 0.